The van der Waals surface area contributed by atoms with Crippen LogP contribution in [0.5, 0.6) is 0 Å². The van der Waals surface area contributed by atoms with Crippen molar-refractivity contribution in [2.75, 3.05) is 23.4 Å². The predicted molar refractivity (Wildman–Crippen MR) is 89.3 cm³/mol. The van der Waals surface area contributed by atoms with Gasteiger partial charge in [-0.2, -0.15) is 0 Å². The summed E-state index contributed by atoms with van der Waals surface area (Å²) in [6.45, 7) is 0.234. The first-order valence-corrected chi connectivity index (χ1v) is 8.86. The zero-order valence-electron chi connectivity index (χ0n) is 11.3. The molecule has 0 radical (unpaired) electrons. The molecule has 0 saturated carbocycles. The van der Waals surface area contributed by atoms with Crippen LogP contribution in [0.3, 0.4) is 0 Å². The Balaban J connectivity index is 1.75. The van der Waals surface area contributed by atoms with E-state index in [0.29, 0.717) is 11.3 Å². The lowest BCUT2D eigenvalue weighted by Gasteiger charge is -2.20. The van der Waals surface area contributed by atoms with Gasteiger partial charge in [-0.3, -0.25) is 4.79 Å². The first-order chi connectivity index (χ1) is 10.2. The molecule has 2 aromatic rings. The molecule has 1 saturated heterocycles. The lowest BCUT2D eigenvalue weighted by Crippen LogP contribution is -2.25. The second kappa shape index (κ2) is 6.58. The number of fused-ring (bicyclic) bond motifs is 1. The van der Waals surface area contributed by atoms with Gasteiger partial charge in [0.1, 0.15) is 10.2 Å². The molecule has 4 nitrogen and oxygen atoms in total. The van der Waals surface area contributed by atoms with Gasteiger partial charge < -0.3 is 9.73 Å². The summed E-state index contributed by atoms with van der Waals surface area (Å²) in [6.07, 6.45) is 1.16. The smallest absolute Gasteiger partial charge is 0.338 e. The van der Waals surface area contributed by atoms with Crippen molar-refractivity contribution in [1.82, 2.24) is 0 Å². The summed E-state index contributed by atoms with van der Waals surface area (Å²) in [4.78, 5) is 23.7. The van der Waals surface area contributed by atoms with Gasteiger partial charge in [-0.1, -0.05) is 12.1 Å². The van der Waals surface area contributed by atoms with Crippen LogP contribution in [0.4, 0.5) is 5.69 Å². The van der Waals surface area contributed by atoms with Crippen molar-refractivity contribution < 1.29 is 9.21 Å². The number of nitrogens with one attached hydrogen (secondary N) is 1. The van der Waals surface area contributed by atoms with E-state index < -0.39 is 5.63 Å². The Morgan fingerprint density at radius 3 is 2.86 bits per heavy atom. The van der Waals surface area contributed by atoms with Crippen LogP contribution in [0.1, 0.15) is 6.42 Å². The number of carbonyl (C=O) groups excluding carboxylic acids is 1. The summed E-state index contributed by atoms with van der Waals surface area (Å²) in [5, 5.41) is 3.90. The Labute approximate surface area is 130 Å². The van der Waals surface area contributed by atoms with Crippen molar-refractivity contribution in [3.8, 4) is 0 Å². The van der Waals surface area contributed by atoms with E-state index in [1.807, 2.05) is 18.2 Å². The van der Waals surface area contributed by atoms with Gasteiger partial charge in [-0.05, 0) is 30.1 Å². The second-order valence-corrected chi connectivity index (χ2v) is 7.45. The van der Waals surface area contributed by atoms with Gasteiger partial charge in [0.2, 0.25) is 0 Å². The Kier molecular flexibility index (Phi) is 4.55. The molecule has 3 rings (SSSR count). The van der Waals surface area contributed by atoms with Crippen molar-refractivity contribution in [2.45, 2.75) is 11.0 Å². The minimum absolute atomic E-state index is 0.0117. The maximum absolute atomic E-state index is 12.2. The fourth-order valence-electron chi connectivity index (χ4n) is 2.20. The van der Waals surface area contributed by atoms with Gasteiger partial charge in [0.15, 0.2) is 5.78 Å². The van der Waals surface area contributed by atoms with Crippen LogP contribution in [-0.4, -0.2) is 28.4 Å². The van der Waals surface area contributed by atoms with Gasteiger partial charge in [0.25, 0.3) is 0 Å². The largest absolute Gasteiger partial charge is 0.423 e. The van der Waals surface area contributed by atoms with Crippen LogP contribution in [0.25, 0.3) is 11.0 Å². The molecule has 1 aliphatic rings. The second-order valence-electron chi connectivity index (χ2n) is 4.72. The number of para-hydroxylation sites is 1. The molecular formula is C15H15NO3S2. The van der Waals surface area contributed by atoms with E-state index >= 15 is 0 Å². The highest BCUT2D eigenvalue weighted by atomic mass is 32.2. The molecule has 6 heteroatoms. The van der Waals surface area contributed by atoms with E-state index in [0.717, 1.165) is 23.3 Å². The molecule has 1 aliphatic heterocycles. The molecule has 0 bridgehead atoms. The van der Waals surface area contributed by atoms with E-state index in [1.165, 1.54) is 6.07 Å². The van der Waals surface area contributed by atoms with Crippen molar-refractivity contribution in [3.05, 3.63) is 40.8 Å². The summed E-state index contributed by atoms with van der Waals surface area (Å²) in [7, 11) is 0. The Hall–Kier alpha value is -1.40. The number of hydrogen-bond acceptors (Lipinski definition) is 6. The molecule has 2 heterocycles. The van der Waals surface area contributed by atoms with Gasteiger partial charge in [-0.15, -0.1) is 23.5 Å². The summed E-state index contributed by atoms with van der Waals surface area (Å²) < 4.78 is 5.15. The molecule has 0 amide bonds. The van der Waals surface area contributed by atoms with E-state index in [4.69, 9.17) is 4.42 Å². The highest BCUT2D eigenvalue weighted by molar-refractivity contribution is 8.18. The van der Waals surface area contributed by atoms with Gasteiger partial charge in [0.05, 0.1) is 12.2 Å². The Morgan fingerprint density at radius 2 is 2.05 bits per heavy atom. The van der Waals surface area contributed by atoms with Crippen molar-refractivity contribution in [3.63, 3.8) is 0 Å². The first kappa shape index (κ1) is 14.5. The fraction of sp³-hybridized carbons (Fsp3) is 0.333. The number of thioether (sulfide) groups is 2. The van der Waals surface area contributed by atoms with Crippen LogP contribution in [0.15, 0.2) is 39.5 Å². The van der Waals surface area contributed by atoms with Gasteiger partial charge >= 0.3 is 5.63 Å². The number of benzene rings is 1. The molecule has 1 aromatic heterocycles. The van der Waals surface area contributed by atoms with E-state index in [2.05, 4.69) is 5.32 Å². The average Bonchev–Trinajstić information content (AvgIpc) is 2.53. The number of ketones is 1. The number of Topliss-reactive ketones (excluding diaryl/α,β-unsaturated/α-hetero) is 1. The number of rotatable bonds is 4. The van der Waals surface area contributed by atoms with Crippen LogP contribution in [0, 0.1) is 0 Å². The number of hydrogen-bond donors (Lipinski definition) is 1. The third-order valence-corrected chi connectivity index (χ3v) is 6.19. The predicted octanol–water partition coefficient (Wildman–Crippen LogP) is 2.97. The van der Waals surface area contributed by atoms with E-state index in [9.17, 15) is 9.59 Å². The topological polar surface area (TPSA) is 59.3 Å². The van der Waals surface area contributed by atoms with E-state index in [-0.39, 0.29) is 16.9 Å². The van der Waals surface area contributed by atoms with E-state index in [1.54, 1.807) is 29.6 Å². The van der Waals surface area contributed by atoms with Crippen LogP contribution >= 0.6 is 23.5 Å². The summed E-state index contributed by atoms with van der Waals surface area (Å²) in [5.41, 5.74) is 0.771. The SMILES string of the molecule is O=C(CNc1cc(=O)oc2ccccc12)C1SCCCS1. The zero-order chi connectivity index (χ0) is 14.7. The molecule has 110 valence electrons. The molecule has 0 unspecified atom stereocenters. The van der Waals surface area contributed by atoms with Crippen molar-refractivity contribution >= 4 is 46.0 Å². The number of anilines is 1. The highest BCUT2D eigenvalue weighted by Gasteiger charge is 2.22. The van der Waals surface area contributed by atoms with Crippen molar-refractivity contribution in [1.29, 1.82) is 0 Å². The molecular weight excluding hydrogens is 306 g/mol. The normalized spacial score (nSPS) is 16.0. The number of carbonyl (C=O) groups is 1. The standard InChI is InChI=1S/C15H15NO3S2/c17-12(15-20-6-3-7-21-15)9-16-11-8-14(18)19-13-5-2-1-4-10(11)13/h1-2,4-5,8,15-16H,3,6-7,9H2. The summed E-state index contributed by atoms with van der Waals surface area (Å²) in [6, 6.07) is 8.71. The summed E-state index contributed by atoms with van der Waals surface area (Å²) >= 11 is 3.41. The zero-order valence-corrected chi connectivity index (χ0v) is 13.0. The minimum Gasteiger partial charge on any atom is -0.423 e. The third-order valence-electron chi connectivity index (χ3n) is 3.19. The molecule has 1 fully saturated rings. The minimum atomic E-state index is -0.412. The summed E-state index contributed by atoms with van der Waals surface area (Å²) in [5.74, 6) is 2.25. The fourth-order valence-corrected chi connectivity index (χ4v) is 4.93. The quantitative estimate of drug-likeness (QED) is 0.874. The molecule has 1 N–H and O–H groups in total. The van der Waals surface area contributed by atoms with Gasteiger partial charge in [0, 0.05) is 11.5 Å². The van der Waals surface area contributed by atoms with Gasteiger partial charge in [-0.25, -0.2) is 4.79 Å². The average molecular weight is 321 g/mol. The molecule has 21 heavy (non-hydrogen) atoms. The molecule has 1 aromatic carbocycles. The van der Waals surface area contributed by atoms with Crippen LogP contribution in [-0.2, 0) is 4.79 Å². The maximum atomic E-state index is 12.2. The highest BCUT2D eigenvalue weighted by Crippen LogP contribution is 2.31. The van der Waals surface area contributed by atoms with Crippen molar-refractivity contribution in [2.24, 2.45) is 0 Å². The first-order valence-electron chi connectivity index (χ1n) is 6.77. The Bertz CT molecular complexity index is 707. The monoisotopic (exact) mass is 321 g/mol. The van der Waals surface area contributed by atoms with Crippen LogP contribution in [0.2, 0.25) is 0 Å². The lowest BCUT2D eigenvalue weighted by molar-refractivity contribution is -0.115. The Morgan fingerprint density at radius 1 is 1.29 bits per heavy atom. The maximum Gasteiger partial charge on any atom is 0.338 e. The lowest BCUT2D eigenvalue weighted by atomic mass is 10.2. The molecule has 0 atom stereocenters. The molecule has 0 spiro atoms. The third kappa shape index (κ3) is 3.44. The molecule has 0 aliphatic carbocycles. The van der Waals surface area contributed by atoms with Crippen LogP contribution < -0.4 is 10.9 Å².